The zero-order chi connectivity index (χ0) is 16.0. The van der Waals surface area contributed by atoms with Gasteiger partial charge < -0.3 is 14.9 Å². The standard InChI is InChI=1S/C13H19N3O5/c1-12(2,3)21-11(20)16-6-8-7(9(17)15-14-8)5-13(16,4)10(18)19/h5-6H2,1-4H3,(H,18,19)(H2,14,15,17). The van der Waals surface area contributed by atoms with E-state index in [0.717, 1.165) is 4.90 Å². The summed E-state index contributed by atoms with van der Waals surface area (Å²) in [7, 11) is 0. The number of aromatic nitrogens is 2. The molecule has 0 bridgehead atoms. The smallest absolute Gasteiger partial charge is 0.411 e. The van der Waals surface area contributed by atoms with Gasteiger partial charge in [0.15, 0.2) is 0 Å². The van der Waals surface area contributed by atoms with Gasteiger partial charge in [0.2, 0.25) is 5.88 Å². The molecule has 1 aliphatic heterocycles. The highest BCUT2D eigenvalue weighted by Gasteiger charge is 2.48. The Hall–Kier alpha value is -2.25. The van der Waals surface area contributed by atoms with Crippen molar-refractivity contribution in [2.24, 2.45) is 0 Å². The first-order chi connectivity index (χ1) is 9.54. The molecule has 1 aromatic rings. The molecule has 0 fully saturated rings. The van der Waals surface area contributed by atoms with E-state index in [0.29, 0.717) is 11.3 Å². The van der Waals surface area contributed by atoms with E-state index >= 15 is 0 Å². The fourth-order valence-corrected chi connectivity index (χ4v) is 2.25. The third-order valence-corrected chi connectivity index (χ3v) is 3.44. The van der Waals surface area contributed by atoms with E-state index in [2.05, 4.69) is 10.2 Å². The van der Waals surface area contributed by atoms with Crippen LogP contribution in [0.3, 0.4) is 0 Å². The van der Waals surface area contributed by atoms with Crippen molar-refractivity contribution in [3.63, 3.8) is 0 Å². The molecule has 21 heavy (non-hydrogen) atoms. The monoisotopic (exact) mass is 297 g/mol. The van der Waals surface area contributed by atoms with Crippen LogP contribution in [0.15, 0.2) is 0 Å². The van der Waals surface area contributed by atoms with E-state index in [1.165, 1.54) is 6.92 Å². The lowest BCUT2D eigenvalue weighted by Gasteiger charge is -2.41. The Morgan fingerprint density at radius 1 is 1.43 bits per heavy atom. The molecule has 0 aliphatic carbocycles. The number of hydrogen-bond donors (Lipinski definition) is 3. The van der Waals surface area contributed by atoms with E-state index in [4.69, 9.17) is 4.74 Å². The largest absolute Gasteiger partial charge is 0.492 e. The van der Waals surface area contributed by atoms with Crippen LogP contribution in [0.5, 0.6) is 5.88 Å². The summed E-state index contributed by atoms with van der Waals surface area (Å²) in [5.41, 5.74) is -1.30. The predicted molar refractivity (Wildman–Crippen MR) is 71.8 cm³/mol. The number of aromatic hydroxyl groups is 1. The van der Waals surface area contributed by atoms with Gasteiger partial charge in [0.25, 0.3) is 0 Å². The van der Waals surface area contributed by atoms with Crippen LogP contribution in [0.2, 0.25) is 0 Å². The summed E-state index contributed by atoms with van der Waals surface area (Å²) in [6.45, 7) is 6.54. The number of rotatable bonds is 1. The first kappa shape index (κ1) is 15.1. The molecule has 116 valence electrons. The summed E-state index contributed by atoms with van der Waals surface area (Å²) < 4.78 is 5.27. The summed E-state index contributed by atoms with van der Waals surface area (Å²) in [5, 5.41) is 25.4. The van der Waals surface area contributed by atoms with Gasteiger partial charge >= 0.3 is 12.1 Å². The van der Waals surface area contributed by atoms with Gasteiger partial charge in [-0.15, -0.1) is 5.10 Å². The molecule has 0 saturated heterocycles. The summed E-state index contributed by atoms with van der Waals surface area (Å²) in [6.07, 6.45) is -0.758. The fraction of sp³-hybridized carbons (Fsp3) is 0.615. The number of nitrogens with one attached hydrogen (secondary N) is 1. The van der Waals surface area contributed by atoms with Crippen LogP contribution in [0.4, 0.5) is 4.79 Å². The summed E-state index contributed by atoms with van der Waals surface area (Å²) in [5.74, 6) is -1.40. The zero-order valence-corrected chi connectivity index (χ0v) is 12.4. The fourth-order valence-electron chi connectivity index (χ4n) is 2.25. The predicted octanol–water partition coefficient (Wildman–Crippen LogP) is 1.25. The van der Waals surface area contributed by atoms with Gasteiger partial charge in [0, 0.05) is 12.0 Å². The van der Waals surface area contributed by atoms with Crippen molar-refractivity contribution in [2.75, 3.05) is 0 Å². The number of nitrogens with zero attached hydrogens (tertiary/aromatic N) is 2. The first-order valence-electron chi connectivity index (χ1n) is 6.54. The Bertz CT molecular complexity index is 589. The average Bonchev–Trinajstić information content (AvgIpc) is 2.67. The minimum Gasteiger partial charge on any atom is -0.492 e. The molecule has 0 saturated carbocycles. The summed E-state index contributed by atoms with van der Waals surface area (Å²) >= 11 is 0. The average molecular weight is 297 g/mol. The number of carbonyl (C=O) groups excluding carboxylic acids is 1. The molecular weight excluding hydrogens is 278 g/mol. The van der Waals surface area contributed by atoms with Crippen molar-refractivity contribution in [3.05, 3.63) is 11.3 Å². The normalized spacial score (nSPS) is 21.8. The zero-order valence-electron chi connectivity index (χ0n) is 12.4. The maximum atomic E-state index is 12.3. The summed E-state index contributed by atoms with van der Waals surface area (Å²) in [6, 6.07) is 0. The molecule has 2 heterocycles. The summed E-state index contributed by atoms with van der Waals surface area (Å²) in [4.78, 5) is 25.1. The molecule has 1 aliphatic rings. The Labute approximate surface area is 121 Å². The van der Waals surface area contributed by atoms with Gasteiger partial charge in [-0.05, 0) is 27.7 Å². The molecule has 3 N–H and O–H groups in total. The number of fused-ring (bicyclic) bond motifs is 1. The molecule has 0 aromatic carbocycles. The Balaban J connectivity index is 2.39. The number of aliphatic carboxylic acids is 1. The number of H-pyrrole nitrogens is 1. The van der Waals surface area contributed by atoms with E-state index in [-0.39, 0.29) is 18.8 Å². The topological polar surface area (TPSA) is 116 Å². The highest BCUT2D eigenvalue weighted by atomic mass is 16.6. The lowest BCUT2D eigenvalue weighted by molar-refractivity contribution is -0.151. The highest BCUT2D eigenvalue weighted by Crippen LogP contribution is 2.35. The lowest BCUT2D eigenvalue weighted by Crippen LogP contribution is -2.59. The second kappa shape index (κ2) is 4.64. The van der Waals surface area contributed by atoms with Crippen LogP contribution in [-0.2, 0) is 22.5 Å². The number of amides is 1. The maximum Gasteiger partial charge on any atom is 0.411 e. The van der Waals surface area contributed by atoms with Gasteiger partial charge in [0.1, 0.15) is 11.1 Å². The van der Waals surface area contributed by atoms with Gasteiger partial charge in [-0.1, -0.05) is 0 Å². The second-order valence-corrected chi connectivity index (χ2v) is 6.33. The molecule has 1 atom stereocenters. The van der Waals surface area contributed by atoms with Crippen molar-refractivity contribution >= 4 is 12.1 Å². The number of carboxylic acid groups (broad SMARTS) is 1. The van der Waals surface area contributed by atoms with Crippen molar-refractivity contribution in [1.29, 1.82) is 0 Å². The van der Waals surface area contributed by atoms with E-state index in [1.54, 1.807) is 20.8 Å². The van der Waals surface area contributed by atoms with Crippen molar-refractivity contribution in [2.45, 2.75) is 51.8 Å². The van der Waals surface area contributed by atoms with Crippen LogP contribution >= 0.6 is 0 Å². The van der Waals surface area contributed by atoms with E-state index < -0.39 is 23.2 Å². The Morgan fingerprint density at radius 2 is 2.05 bits per heavy atom. The number of aromatic amines is 1. The maximum absolute atomic E-state index is 12.3. The number of ether oxygens (including phenoxy) is 1. The molecule has 1 aromatic heterocycles. The van der Waals surface area contributed by atoms with E-state index in [9.17, 15) is 19.8 Å². The van der Waals surface area contributed by atoms with Crippen molar-refractivity contribution in [1.82, 2.24) is 15.1 Å². The third kappa shape index (κ3) is 2.65. The lowest BCUT2D eigenvalue weighted by atomic mass is 9.87. The second-order valence-electron chi connectivity index (χ2n) is 6.33. The van der Waals surface area contributed by atoms with Crippen LogP contribution in [0, 0.1) is 0 Å². The number of carbonyl (C=O) groups is 2. The molecule has 2 rings (SSSR count). The van der Waals surface area contributed by atoms with Gasteiger partial charge in [-0.2, -0.15) is 0 Å². The van der Waals surface area contributed by atoms with Crippen LogP contribution in [0.1, 0.15) is 39.0 Å². The van der Waals surface area contributed by atoms with Gasteiger partial charge in [0.05, 0.1) is 12.2 Å². The van der Waals surface area contributed by atoms with E-state index in [1.807, 2.05) is 0 Å². The minimum atomic E-state index is -1.50. The molecule has 1 unspecified atom stereocenters. The van der Waals surface area contributed by atoms with Crippen molar-refractivity contribution < 1.29 is 24.5 Å². The molecule has 1 amide bonds. The molecule has 0 radical (unpaired) electrons. The SMILES string of the molecule is CC(C)(C)OC(=O)N1Cc2[nH]nc(O)c2CC1(C)C(=O)O. The molecular formula is C13H19N3O5. The molecule has 8 heteroatoms. The number of carboxylic acids is 1. The Morgan fingerprint density at radius 3 is 2.57 bits per heavy atom. The van der Waals surface area contributed by atoms with Crippen LogP contribution in [0.25, 0.3) is 0 Å². The third-order valence-electron chi connectivity index (χ3n) is 3.44. The van der Waals surface area contributed by atoms with Crippen molar-refractivity contribution in [3.8, 4) is 5.88 Å². The van der Waals surface area contributed by atoms with Gasteiger partial charge in [-0.3, -0.25) is 10.00 Å². The minimum absolute atomic E-state index is 0.0133. The quantitative estimate of drug-likeness (QED) is 0.718. The van der Waals surface area contributed by atoms with Crippen LogP contribution in [-0.4, -0.2) is 48.5 Å². The van der Waals surface area contributed by atoms with Crippen LogP contribution < -0.4 is 0 Å². The Kier molecular flexibility index (Phi) is 3.35. The molecule has 8 nitrogen and oxygen atoms in total. The van der Waals surface area contributed by atoms with Gasteiger partial charge in [-0.25, -0.2) is 9.59 Å². The molecule has 0 spiro atoms. The number of hydrogen-bond acceptors (Lipinski definition) is 5. The first-order valence-corrected chi connectivity index (χ1v) is 6.54. The highest BCUT2D eigenvalue weighted by molar-refractivity contribution is 5.85.